The largest absolute Gasteiger partial charge is 0.465 e. The molecule has 0 aliphatic carbocycles. The third-order valence-corrected chi connectivity index (χ3v) is 10.8. The first kappa shape index (κ1) is 30.4. The minimum atomic E-state index is -0.834. The summed E-state index contributed by atoms with van der Waals surface area (Å²) in [6.07, 6.45) is 7.36. The lowest BCUT2D eigenvalue weighted by Crippen LogP contribution is -2.59. The maximum atomic E-state index is 14.6. The number of benzene rings is 1. The first-order chi connectivity index (χ1) is 19.0. The van der Waals surface area contributed by atoms with Crippen LogP contribution in [0.3, 0.4) is 0 Å². The predicted molar refractivity (Wildman–Crippen MR) is 159 cm³/mol. The smallest absolute Gasteiger partial charge is 0.311 e. The molecule has 3 saturated heterocycles. The van der Waals surface area contributed by atoms with Gasteiger partial charge in [0.15, 0.2) is 0 Å². The van der Waals surface area contributed by atoms with Crippen LogP contribution in [0.1, 0.15) is 71.4 Å². The fraction of sp³-hybridized carbons (Fsp3) is 0.594. The first-order valence-electron chi connectivity index (χ1n) is 14.3. The van der Waals surface area contributed by atoms with E-state index in [1.54, 1.807) is 27.6 Å². The number of hydrogen-bond acceptors (Lipinski definition) is 6. The van der Waals surface area contributed by atoms with Gasteiger partial charge in [-0.25, -0.2) is 0 Å². The summed E-state index contributed by atoms with van der Waals surface area (Å²) in [4.78, 5) is 46.2. The number of esters is 1. The number of rotatable bonds is 12. The molecule has 2 amide bonds. The van der Waals surface area contributed by atoms with Crippen molar-refractivity contribution in [2.75, 3.05) is 19.8 Å². The van der Waals surface area contributed by atoms with Crippen LogP contribution in [-0.4, -0.2) is 73.5 Å². The monoisotopic (exact) mass is 568 g/mol. The summed E-state index contributed by atoms with van der Waals surface area (Å²) in [6, 6.07) is 7.80. The lowest BCUT2D eigenvalue weighted by molar-refractivity contribution is -0.156. The molecule has 2 bridgehead atoms. The van der Waals surface area contributed by atoms with Gasteiger partial charge >= 0.3 is 5.97 Å². The zero-order valence-corrected chi connectivity index (χ0v) is 25.1. The standard InChI is InChI=1S/C32H44N2O5S/c1-7-9-10-14-20-39-29(38)25-24-27(36)34(23(21-35)22-15-12-11-13-16-22)26(32(24)18-17-31(25,6)40-32)28(37)33(19-8-2)30(3,4)5/h7-8,11-13,15-16,23-26,35H,1-2,9-10,14,17-21H2,3-6H3/t23-,24+,25-,26?,31+,32?/m1/s1. The molecular weight excluding hydrogens is 524 g/mol. The summed E-state index contributed by atoms with van der Waals surface area (Å²) in [5.74, 6) is -2.14. The van der Waals surface area contributed by atoms with E-state index >= 15 is 0 Å². The molecule has 3 fully saturated rings. The highest BCUT2D eigenvalue weighted by Gasteiger charge is 2.78. The van der Waals surface area contributed by atoms with E-state index in [1.165, 1.54) is 0 Å². The van der Waals surface area contributed by atoms with Gasteiger partial charge in [-0.2, -0.15) is 0 Å². The van der Waals surface area contributed by atoms with Crippen molar-refractivity contribution < 1.29 is 24.2 Å². The molecular formula is C32H44N2O5S. The third kappa shape index (κ3) is 5.13. The number of carbonyl (C=O) groups excluding carboxylic acids is 3. The van der Waals surface area contributed by atoms with Crippen molar-refractivity contribution in [3.63, 3.8) is 0 Å². The van der Waals surface area contributed by atoms with Gasteiger partial charge < -0.3 is 19.6 Å². The van der Waals surface area contributed by atoms with Crippen LogP contribution in [0.5, 0.6) is 0 Å². The van der Waals surface area contributed by atoms with E-state index in [4.69, 9.17) is 4.74 Å². The van der Waals surface area contributed by atoms with E-state index in [9.17, 15) is 19.5 Å². The van der Waals surface area contributed by atoms with Crippen LogP contribution in [0, 0.1) is 11.8 Å². The highest BCUT2D eigenvalue weighted by molar-refractivity contribution is 8.02. The van der Waals surface area contributed by atoms with E-state index in [1.807, 2.05) is 64.1 Å². The highest BCUT2D eigenvalue weighted by Crippen LogP contribution is 2.72. The summed E-state index contributed by atoms with van der Waals surface area (Å²) < 4.78 is 4.48. The Morgan fingerprint density at radius 3 is 2.50 bits per heavy atom. The number of allylic oxidation sites excluding steroid dienone is 1. The Hall–Kier alpha value is -2.58. The number of hydrogen-bond donors (Lipinski definition) is 1. The van der Waals surface area contributed by atoms with E-state index in [2.05, 4.69) is 13.2 Å². The number of unbranched alkanes of at least 4 members (excludes halogenated alkanes) is 2. The number of amides is 2. The lowest BCUT2D eigenvalue weighted by Gasteiger charge is -2.43. The maximum absolute atomic E-state index is 14.6. The van der Waals surface area contributed by atoms with Crippen LogP contribution < -0.4 is 0 Å². The first-order valence-corrected chi connectivity index (χ1v) is 15.2. The molecule has 7 nitrogen and oxygen atoms in total. The molecule has 218 valence electrons. The fourth-order valence-corrected chi connectivity index (χ4v) is 9.32. The fourth-order valence-electron chi connectivity index (χ4n) is 6.99. The van der Waals surface area contributed by atoms with Gasteiger partial charge in [-0.3, -0.25) is 14.4 Å². The van der Waals surface area contributed by atoms with Crippen molar-refractivity contribution in [3.05, 3.63) is 61.2 Å². The van der Waals surface area contributed by atoms with Gasteiger partial charge in [0.25, 0.3) is 0 Å². The molecule has 4 rings (SSSR count). The normalized spacial score (nSPS) is 29.7. The summed E-state index contributed by atoms with van der Waals surface area (Å²) in [7, 11) is 0. The SMILES string of the molecule is C=CCCCCOC(=O)[C@H]1[C@H]2C(=O)N([C@H](CO)c3ccccc3)C(C(=O)N(CC=C)C(C)(C)C)C23CC[C@]1(C)S3. The summed E-state index contributed by atoms with van der Waals surface area (Å²) in [6.45, 7) is 15.9. The Kier molecular flexibility index (Phi) is 8.91. The van der Waals surface area contributed by atoms with Crippen molar-refractivity contribution in [2.45, 2.75) is 86.9 Å². The molecule has 1 N–H and O–H groups in total. The molecule has 0 saturated carbocycles. The molecule has 0 aromatic heterocycles. The van der Waals surface area contributed by atoms with E-state index in [-0.39, 0.29) is 24.4 Å². The minimum absolute atomic E-state index is 0.173. The summed E-state index contributed by atoms with van der Waals surface area (Å²) in [5, 5.41) is 10.7. The Bertz CT molecular complexity index is 1130. The van der Waals surface area contributed by atoms with Crippen molar-refractivity contribution in [1.29, 1.82) is 0 Å². The molecule has 3 aliphatic rings. The van der Waals surface area contributed by atoms with E-state index in [0.29, 0.717) is 26.0 Å². The second-order valence-electron chi connectivity index (χ2n) is 12.4. The van der Waals surface area contributed by atoms with Gasteiger partial charge in [0.2, 0.25) is 11.8 Å². The molecule has 3 aliphatic heterocycles. The Balaban J connectivity index is 1.78. The van der Waals surface area contributed by atoms with E-state index in [0.717, 1.165) is 24.8 Å². The Morgan fingerprint density at radius 2 is 1.90 bits per heavy atom. The molecule has 2 unspecified atom stereocenters. The number of likely N-dealkylation sites (tertiary alicyclic amines) is 1. The number of nitrogens with zero attached hydrogens (tertiary/aromatic N) is 2. The van der Waals surface area contributed by atoms with Crippen LogP contribution in [-0.2, 0) is 19.1 Å². The van der Waals surface area contributed by atoms with Crippen molar-refractivity contribution >= 4 is 29.5 Å². The minimum Gasteiger partial charge on any atom is -0.465 e. The molecule has 1 aromatic rings. The molecule has 40 heavy (non-hydrogen) atoms. The summed E-state index contributed by atoms with van der Waals surface area (Å²) >= 11 is 1.62. The van der Waals surface area contributed by atoms with Gasteiger partial charge in [0.1, 0.15) is 6.04 Å². The van der Waals surface area contributed by atoms with Gasteiger partial charge in [-0.15, -0.1) is 24.9 Å². The second kappa shape index (κ2) is 11.7. The molecule has 6 atom stereocenters. The molecule has 0 radical (unpaired) electrons. The molecule has 1 aromatic carbocycles. The average molecular weight is 569 g/mol. The topological polar surface area (TPSA) is 87.1 Å². The number of aliphatic hydroxyl groups is 1. The number of thioether (sulfide) groups is 1. The second-order valence-corrected chi connectivity index (χ2v) is 14.3. The van der Waals surface area contributed by atoms with Crippen molar-refractivity contribution in [3.8, 4) is 0 Å². The van der Waals surface area contributed by atoms with Crippen LogP contribution in [0.25, 0.3) is 0 Å². The van der Waals surface area contributed by atoms with Crippen molar-refractivity contribution in [2.24, 2.45) is 11.8 Å². The Labute approximate surface area is 243 Å². The maximum Gasteiger partial charge on any atom is 0.311 e. The number of fused-ring (bicyclic) bond motifs is 1. The third-order valence-electron chi connectivity index (χ3n) is 8.83. The lowest BCUT2D eigenvalue weighted by atomic mass is 9.66. The predicted octanol–water partition coefficient (Wildman–Crippen LogP) is 4.91. The van der Waals surface area contributed by atoms with Crippen LogP contribution in [0.15, 0.2) is 55.6 Å². The molecule has 8 heteroatoms. The van der Waals surface area contributed by atoms with Crippen molar-refractivity contribution in [1.82, 2.24) is 9.80 Å². The van der Waals surface area contributed by atoms with Crippen LogP contribution in [0.2, 0.25) is 0 Å². The summed E-state index contributed by atoms with van der Waals surface area (Å²) in [5.41, 5.74) is 0.233. The van der Waals surface area contributed by atoms with E-state index < -0.39 is 39.0 Å². The zero-order chi connectivity index (χ0) is 29.3. The number of aliphatic hydroxyl groups excluding tert-OH is 1. The quantitative estimate of drug-likeness (QED) is 0.219. The number of ether oxygens (including phenoxy) is 1. The van der Waals surface area contributed by atoms with Crippen LogP contribution >= 0.6 is 11.8 Å². The highest BCUT2D eigenvalue weighted by atomic mass is 32.2. The Morgan fingerprint density at radius 1 is 1.20 bits per heavy atom. The average Bonchev–Trinajstić information content (AvgIpc) is 3.48. The molecule has 3 heterocycles. The number of carbonyl (C=O) groups is 3. The van der Waals surface area contributed by atoms with Gasteiger partial charge in [-0.05, 0) is 65.4 Å². The zero-order valence-electron chi connectivity index (χ0n) is 24.3. The van der Waals surface area contributed by atoms with Crippen LogP contribution in [0.4, 0.5) is 0 Å². The van der Waals surface area contributed by atoms with Gasteiger partial charge in [0.05, 0.1) is 35.8 Å². The van der Waals surface area contributed by atoms with Gasteiger partial charge in [0, 0.05) is 16.8 Å². The van der Waals surface area contributed by atoms with Gasteiger partial charge in [-0.1, -0.05) is 42.5 Å². The molecule has 1 spiro atoms.